The fourth-order valence-corrected chi connectivity index (χ4v) is 4.38. The lowest BCUT2D eigenvalue weighted by atomic mass is 9.68. The van der Waals surface area contributed by atoms with E-state index in [4.69, 9.17) is 18.9 Å². The molecule has 7 heteroatoms. The van der Waals surface area contributed by atoms with Gasteiger partial charge < -0.3 is 18.9 Å². The van der Waals surface area contributed by atoms with Crippen LogP contribution in [0.25, 0.3) is 0 Å². The summed E-state index contributed by atoms with van der Waals surface area (Å²) in [5.41, 5.74) is 0.628. The van der Waals surface area contributed by atoms with Gasteiger partial charge in [0.15, 0.2) is 0 Å². The Kier molecular flexibility index (Phi) is 5.16. The van der Waals surface area contributed by atoms with Crippen LogP contribution < -0.4 is 5.32 Å². The molecule has 3 aliphatic rings. The smallest absolute Gasteiger partial charge is 0.414 e. The molecule has 2 heterocycles. The Labute approximate surface area is 154 Å². The van der Waals surface area contributed by atoms with Crippen LogP contribution in [-0.4, -0.2) is 55.2 Å². The summed E-state index contributed by atoms with van der Waals surface area (Å²) in [5.74, 6) is -0.475. The third-order valence-corrected chi connectivity index (χ3v) is 5.77. The number of carbonyl (C=O) groups is 2. The summed E-state index contributed by atoms with van der Waals surface area (Å²) in [6.45, 7) is 8.19. The van der Waals surface area contributed by atoms with Crippen LogP contribution in [0, 0.1) is 5.92 Å². The number of amides is 2. The van der Waals surface area contributed by atoms with E-state index in [1.807, 2.05) is 0 Å². The van der Waals surface area contributed by atoms with Gasteiger partial charge in [-0.25, -0.2) is 4.79 Å². The zero-order valence-corrected chi connectivity index (χ0v) is 16.2. The first-order valence-corrected chi connectivity index (χ1v) is 9.18. The van der Waals surface area contributed by atoms with Crippen LogP contribution in [0.15, 0.2) is 11.6 Å². The molecule has 7 nitrogen and oxygen atoms in total. The highest BCUT2D eigenvalue weighted by atomic mass is 16.6. The number of allylic oxidation sites excluding steroid dienone is 1. The molecular weight excluding hydrogens is 338 g/mol. The van der Waals surface area contributed by atoms with Crippen LogP contribution in [0.4, 0.5) is 4.79 Å². The monoisotopic (exact) mass is 367 g/mol. The highest BCUT2D eigenvalue weighted by molar-refractivity contribution is 5.90. The average Bonchev–Trinajstić information content (AvgIpc) is 3.44. The van der Waals surface area contributed by atoms with Gasteiger partial charge in [0.25, 0.3) is 0 Å². The second kappa shape index (κ2) is 6.94. The van der Waals surface area contributed by atoms with Crippen LogP contribution >= 0.6 is 0 Å². The lowest BCUT2D eigenvalue weighted by molar-refractivity contribution is -0.124. The van der Waals surface area contributed by atoms with Crippen molar-refractivity contribution < 1.29 is 28.5 Å². The maximum absolute atomic E-state index is 11.9. The second-order valence-corrected chi connectivity index (χ2v) is 8.00. The first-order valence-electron chi connectivity index (χ1n) is 9.18. The van der Waals surface area contributed by atoms with Crippen molar-refractivity contribution in [1.29, 1.82) is 0 Å². The van der Waals surface area contributed by atoms with Crippen molar-refractivity contribution in [3.05, 3.63) is 11.6 Å². The van der Waals surface area contributed by atoms with Gasteiger partial charge in [-0.1, -0.05) is 11.6 Å². The van der Waals surface area contributed by atoms with Crippen molar-refractivity contribution in [3.63, 3.8) is 0 Å². The molecule has 0 radical (unpaired) electrons. The van der Waals surface area contributed by atoms with Crippen LogP contribution in [0.3, 0.4) is 0 Å². The van der Waals surface area contributed by atoms with Crippen LogP contribution in [0.1, 0.15) is 47.0 Å². The minimum Gasteiger partial charge on any atom is -0.443 e. The van der Waals surface area contributed by atoms with E-state index >= 15 is 0 Å². The molecule has 3 rings (SSSR count). The van der Waals surface area contributed by atoms with E-state index in [1.165, 1.54) is 12.5 Å². The van der Waals surface area contributed by atoms with Gasteiger partial charge in [-0.05, 0) is 40.0 Å². The molecule has 0 unspecified atom stereocenters. The van der Waals surface area contributed by atoms with E-state index in [9.17, 15) is 9.59 Å². The van der Waals surface area contributed by atoms with Gasteiger partial charge in [-0.2, -0.15) is 0 Å². The van der Waals surface area contributed by atoms with Gasteiger partial charge in [-0.3, -0.25) is 10.1 Å². The minimum absolute atomic E-state index is 0.0283. The quantitative estimate of drug-likeness (QED) is 0.592. The van der Waals surface area contributed by atoms with Crippen LogP contribution in [0.2, 0.25) is 0 Å². The zero-order chi connectivity index (χ0) is 19.1. The molecule has 6 atom stereocenters. The number of ether oxygens (including phenoxy) is 4. The Morgan fingerprint density at radius 2 is 2.00 bits per heavy atom. The number of methoxy groups -OCH3 is 1. The first kappa shape index (κ1) is 19.3. The Bertz CT molecular complexity index is 609. The van der Waals surface area contributed by atoms with Crippen molar-refractivity contribution in [2.75, 3.05) is 13.7 Å². The summed E-state index contributed by atoms with van der Waals surface area (Å²) in [4.78, 5) is 23.0. The predicted molar refractivity (Wildman–Crippen MR) is 93.6 cm³/mol. The maximum Gasteiger partial charge on any atom is 0.414 e. The first-order chi connectivity index (χ1) is 12.2. The molecule has 0 bridgehead atoms. The summed E-state index contributed by atoms with van der Waals surface area (Å²) in [5, 5.41) is 2.16. The van der Waals surface area contributed by atoms with Crippen molar-refractivity contribution in [1.82, 2.24) is 5.32 Å². The molecule has 1 N–H and O–H groups in total. The normalized spacial score (nSPS) is 40.7. The lowest BCUT2D eigenvalue weighted by Gasteiger charge is -2.42. The van der Waals surface area contributed by atoms with Gasteiger partial charge in [0, 0.05) is 14.0 Å². The number of imide groups is 1. The highest BCUT2D eigenvalue weighted by Crippen LogP contribution is 2.59. The van der Waals surface area contributed by atoms with Crippen molar-refractivity contribution in [2.24, 2.45) is 5.92 Å². The molecule has 1 saturated carbocycles. The van der Waals surface area contributed by atoms with Crippen LogP contribution in [-0.2, 0) is 23.7 Å². The fourth-order valence-electron chi connectivity index (χ4n) is 4.38. The molecule has 2 saturated heterocycles. The van der Waals surface area contributed by atoms with Gasteiger partial charge >= 0.3 is 6.09 Å². The summed E-state index contributed by atoms with van der Waals surface area (Å²) in [6.07, 6.45) is 3.02. The zero-order valence-electron chi connectivity index (χ0n) is 16.2. The number of hydrogen-bond acceptors (Lipinski definition) is 6. The van der Waals surface area contributed by atoms with E-state index in [-0.39, 0.29) is 29.3 Å². The Morgan fingerprint density at radius 1 is 1.31 bits per heavy atom. The summed E-state index contributed by atoms with van der Waals surface area (Å²) >= 11 is 0. The molecule has 146 valence electrons. The maximum atomic E-state index is 11.9. The van der Waals surface area contributed by atoms with E-state index in [1.54, 1.807) is 7.11 Å². The van der Waals surface area contributed by atoms with E-state index < -0.39 is 18.1 Å². The number of epoxide rings is 2. The highest BCUT2D eigenvalue weighted by Gasteiger charge is 2.72. The minimum atomic E-state index is -0.737. The van der Waals surface area contributed by atoms with Crippen molar-refractivity contribution in [3.8, 4) is 0 Å². The SMILES string of the molecule is CO[C@@H]1[C@H](OC(=O)NC(C)=O)CC[C@]2(CO2)[C@H]1[C@@]1(C)O[C@@H]1CC=C(C)C. The van der Waals surface area contributed by atoms with Gasteiger partial charge in [-0.15, -0.1) is 0 Å². The lowest BCUT2D eigenvalue weighted by Crippen LogP contribution is -2.56. The summed E-state index contributed by atoms with van der Waals surface area (Å²) in [7, 11) is 1.62. The second-order valence-electron chi connectivity index (χ2n) is 8.00. The van der Waals surface area contributed by atoms with E-state index in [0.717, 1.165) is 12.8 Å². The van der Waals surface area contributed by atoms with Gasteiger partial charge in [0.05, 0.1) is 18.6 Å². The molecule has 0 aromatic heterocycles. The molecule has 1 aliphatic carbocycles. The molecular formula is C19H29NO6. The summed E-state index contributed by atoms with van der Waals surface area (Å²) < 4.78 is 23.2. The number of hydrogen-bond donors (Lipinski definition) is 1. The van der Waals surface area contributed by atoms with Gasteiger partial charge in [0.2, 0.25) is 5.91 Å². The molecule has 0 aromatic carbocycles. The third kappa shape index (κ3) is 3.66. The third-order valence-electron chi connectivity index (χ3n) is 5.77. The predicted octanol–water partition coefficient (Wildman–Crippen LogP) is 2.34. The molecule has 3 fully saturated rings. The largest absolute Gasteiger partial charge is 0.443 e. The van der Waals surface area contributed by atoms with E-state index in [0.29, 0.717) is 13.0 Å². The molecule has 26 heavy (non-hydrogen) atoms. The fraction of sp³-hybridized carbons (Fsp3) is 0.789. The molecule has 1 spiro atoms. The average molecular weight is 367 g/mol. The number of carbonyl (C=O) groups excluding carboxylic acids is 2. The number of rotatable bonds is 5. The topological polar surface area (TPSA) is 89.7 Å². The van der Waals surface area contributed by atoms with Crippen molar-refractivity contribution >= 4 is 12.0 Å². The Balaban J connectivity index is 1.75. The van der Waals surface area contributed by atoms with E-state index in [2.05, 4.69) is 32.2 Å². The standard InChI is InChI=1S/C19H29NO6/c1-11(2)6-7-14-18(4,26-14)16-15(23-5)13(8-9-19(16)10-24-19)25-17(22)20-12(3)21/h6,13-16H,7-10H2,1-5H3,(H,20,21,22)/t13-,14-,15-,16-,18+,19+/m1/s1. The Hall–Kier alpha value is -1.44. The van der Waals surface area contributed by atoms with Crippen LogP contribution in [0.5, 0.6) is 0 Å². The Morgan fingerprint density at radius 3 is 2.54 bits per heavy atom. The molecule has 2 amide bonds. The summed E-state index contributed by atoms with van der Waals surface area (Å²) in [6, 6.07) is 0. The molecule has 2 aliphatic heterocycles. The number of nitrogens with one attached hydrogen (secondary N) is 1. The van der Waals surface area contributed by atoms with Gasteiger partial charge in [0.1, 0.15) is 23.4 Å². The number of alkyl carbamates (subject to hydrolysis) is 1. The molecule has 0 aromatic rings. The van der Waals surface area contributed by atoms with Crippen molar-refractivity contribution in [2.45, 2.75) is 76.5 Å².